The molecule has 5 heteroatoms. The molecule has 2 heterocycles. The summed E-state index contributed by atoms with van der Waals surface area (Å²) in [6.45, 7) is 0. The van der Waals surface area contributed by atoms with Crippen LogP contribution in [0.2, 0.25) is 0 Å². The average Bonchev–Trinajstić information content (AvgIpc) is 3.34. The van der Waals surface area contributed by atoms with Gasteiger partial charge >= 0.3 is 0 Å². The number of rotatable bonds is 4. The Morgan fingerprint density at radius 1 is 0.686 bits per heavy atom. The standard InChI is InChI=1S/C30H19N2O2.Pt/c33-27-14-5-4-12-25(27)30-32-29-24(13-7-15-28(29)34-30)22-10-6-11-23(18-22)26-19-21(16-17-31-26)20-8-2-1-3-9-20;/h1-17,19,33H;/q-1;. The monoisotopic (exact) mass is 634 g/mol. The average molecular weight is 635 g/mol. The summed E-state index contributed by atoms with van der Waals surface area (Å²) < 4.78 is 5.98. The molecule has 2 aromatic heterocycles. The van der Waals surface area contributed by atoms with Crippen molar-refractivity contribution in [3.63, 3.8) is 0 Å². The van der Waals surface area contributed by atoms with Crippen molar-refractivity contribution in [3.8, 4) is 50.7 Å². The third kappa shape index (κ3) is 4.41. The van der Waals surface area contributed by atoms with Crippen LogP contribution in [-0.2, 0) is 21.1 Å². The molecule has 0 radical (unpaired) electrons. The van der Waals surface area contributed by atoms with Crippen molar-refractivity contribution in [2.75, 3.05) is 0 Å². The summed E-state index contributed by atoms with van der Waals surface area (Å²) in [5.41, 5.74) is 7.74. The zero-order chi connectivity index (χ0) is 22.9. The Bertz CT molecular complexity index is 1630. The Labute approximate surface area is 217 Å². The number of nitrogens with zero attached hydrogens (tertiary/aromatic N) is 2. The molecule has 172 valence electrons. The number of hydrogen-bond donors (Lipinski definition) is 1. The first kappa shape index (κ1) is 22.8. The van der Waals surface area contributed by atoms with Crippen LogP contribution < -0.4 is 0 Å². The number of aromatic nitrogens is 2. The molecule has 0 aliphatic rings. The van der Waals surface area contributed by atoms with E-state index in [1.54, 1.807) is 18.2 Å². The maximum atomic E-state index is 10.2. The van der Waals surface area contributed by atoms with Crippen molar-refractivity contribution in [1.29, 1.82) is 0 Å². The van der Waals surface area contributed by atoms with Crippen molar-refractivity contribution in [2.45, 2.75) is 0 Å². The molecule has 0 saturated carbocycles. The summed E-state index contributed by atoms with van der Waals surface area (Å²) in [6.07, 6.45) is 1.83. The Balaban J connectivity index is 0.00000253. The van der Waals surface area contributed by atoms with Crippen LogP contribution in [0.15, 0.2) is 114 Å². The van der Waals surface area contributed by atoms with Crippen molar-refractivity contribution < 1.29 is 30.6 Å². The molecule has 0 fully saturated rings. The Hall–Kier alpha value is -4.01. The molecule has 0 spiro atoms. The molecule has 0 saturated heterocycles. The van der Waals surface area contributed by atoms with Crippen molar-refractivity contribution in [1.82, 2.24) is 9.97 Å². The summed E-state index contributed by atoms with van der Waals surface area (Å²) in [7, 11) is 0. The van der Waals surface area contributed by atoms with E-state index in [9.17, 15) is 5.11 Å². The maximum Gasteiger partial charge on any atom is 0.230 e. The quantitative estimate of drug-likeness (QED) is 0.206. The summed E-state index contributed by atoms with van der Waals surface area (Å²) in [6, 6.07) is 36.7. The molecule has 0 aliphatic heterocycles. The summed E-state index contributed by atoms with van der Waals surface area (Å²) in [5.74, 6) is 0.516. The molecular formula is C30H19N2O2Pt-. The first-order valence-corrected chi connectivity index (χ1v) is 11.0. The number of oxazole rings is 1. The van der Waals surface area contributed by atoms with Crippen LogP contribution in [0.25, 0.3) is 56.1 Å². The summed E-state index contributed by atoms with van der Waals surface area (Å²) in [4.78, 5) is 9.31. The Morgan fingerprint density at radius 2 is 1.43 bits per heavy atom. The van der Waals surface area contributed by atoms with Gasteiger partial charge in [0.25, 0.3) is 0 Å². The summed E-state index contributed by atoms with van der Waals surface area (Å²) in [5, 5.41) is 10.2. The predicted molar refractivity (Wildman–Crippen MR) is 134 cm³/mol. The van der Waals surface area contributed by atoms with Crippen LogP contribution in [0.1, 0.15) is 0 Å². The van der Waals surface area contributed by atoms with Gasteiger partial charge in [0.15, 0.2) is 0 Å². The minimum absolute atomic E-state index is 0. The fourth-order valence-electron chi connectivity index (χ4n) is 4.10. The van der Waals surface area contributed by atoms with Crippen LogP contribution in [0.4, 0.5) is 0 Å². The molecular weight excluding hydrogens is 615 g/mol. The van der Waals surface area contributed by atoms with Crippen molar-refractivity contribution in [2.24, 2.45) is 0 Å². The first-order valence-electron chi connectivity index (χ1n) is 11.0. The fourth-order valence-corrected chi connectivity index (χ4v) is 4.10. The number of phenols is 1. The number of benzene rings is 4. The van der Waals surface area contributed by atoms with Gasteiger partial charge in [0, 0.05) is 33.0 Å². The molecule has 1 N–H and O–H groups in total. The second kappa shape index (κ2) is 9.69. The van der Waals surface area contributed by atoms with Gasteiger partial charge < -0.3 is 9.52 Å². The summed E-state index contributed by atoms with van der Waals surface area (Å²) >= 11 is 0. The van der Waals surface area contributed by atoms with Gasteiger partial charge in [-0.3, -0.25) is 4.98 Å². The zero-order valence-corrected chi connectivity index (χ0v) is 20.7. The van der Waals surface area contributed by atoms with E-state index in [0.29, 0.717) is 17.0 Å². The van der Waals surface area contributed by atoms with Gasteiger partial charge in [-0.1, -0.05) is 71.8 Å². The van der Waals surface area contributed by atoms with Gasteiger partial charge in [-0.25, -0.2) is 4.98 Å². The van der Waals surface area contributed by atoms with Gasteiger partial charge in [0.05, 0.1) is 11.1 Å². The molecule has 0 unspecified atom stereocenters. The van der Waals surface area contributed by atoms with E-state index in [4.69, 9.17) is 9.40 Å². The fraction of sp³-hybridized carbons (Fsp3) is 0. The molecule has 4 aromatic carbocycles. The number of aromatic hydroxyl groups is 1. The zero-order valence-electron chi connectivity index (χ0n) is 18.5. The van der Waals surface area contributed by atoms with Crippen LogP contribution >= 0.6 is 0 Å². The minimum Gasteiger partial charge on any atom is -0.507 e. The molecule has 0 aliphatic carbocycles. The van der Waals surface area contributed by atoms with E-state index in [1.807, 2.05) is 72.9 Å². The predicted octanol–water partition coefficient (Wildman–Crippen LogP) is 7.39. The van der Waals surface area contributed by atoms with E-state index in [1.165, 1.54) is 0 Å². The van der Waals surface area contributed by atoms with Crippen LogP contribution in [-0.4, -0.2) is 15.1 Å². The van der Waals surface area contributed by atoms with Gasteiger partial charge in [-0.2, -0.15) is 0 Å². The molecule has 6 aromatic rings. The van der Waals surface area contributed by atoms with Gasteiger partial charge in [-0.15, -0.1) is 29.8 Å². The SMILES string of the molecule is Oc1ccccc1-c1nc2c(-c3[c-]c(-c4cc(-c5ccccc5)ccn4)ccc3)cccc2o1.[Pt]. The van der Waals surface area contributed by atoms with E-state index in [0.717, 1.165) is 39.0 Å². The van der Waals surface area contributed by atoms with Gasteiger partial charge in [0.1, 0.15) is 11.3 Å². The van der Waals surface area contributed by atoms with E-state index in [-0.39, 0.29) is 26.8 Å². The largest absolute Gasteiger partial charge is 0.507 e. The number of fused-ring (bicyclic) bond motifs is 1. The van der Waals surface area contributed by atoms with Crippen LogP contribution in [0.3, 0.4) is 0 Å². The Morgan fingerprint density at radius 3 is 2.29 bits per heavy atom. The maximum absolute atomic E-state index is 10.2. The third-order valence-corrected chi connectivity index (χ3v) is 5.78. The van der Waals surface area contributed by atoms with Crippen LogP contribution in [0.5, 0.6) is 5.75 Å². The van der Waals surface area contributed by atoms with E-state index >= 15 is 0 Å². The number of pyridine rings is 1. The minimum atomic E-state index is 0. The molecule has 0 atom stereocenters. The Kier molecular flexibility index (Phi) is 6.30. The molecule has 4 nitrogen and oxygen atoms in total. The number of hydrogen-bond acceptors (Lipinski definition) is 4. The topological polar surface area (TPSA) is 59.2 Å². The van der Waals surface area contributed by atoms with Crippen LogP contribution in [0, 0.1) is 6.07 Å². The smallest absolute Gasteiger partial charge is 0.230 e. The molecule has 6 rings (SSSR count). The van der Waals surface area contributed by atoms with Crippen molar-refractivity contribution >= 4 is 11.1 Å². The molecule has 0 bridgehead atoms. The number of phenolic OH excluding ortho intramolecular Hbond substituents is 1. The van der Waals surface area contributed by atoms with Gasteiger partial charge in [0.2, 0.25) is 5.89 Å². The second-order valence-corrected chi connectivity index (χ2v) is 7.96. The van der Waals surface area contributed by atoms with Crippen molar-refractivity contribution in [3.05, 3.63) is 115 Å². The van der Waals surface area contributed by atoms with E-state index < -0.39 is 0 Å². The molecule has 0 amide bonds. The normalized spacial score (nSPS) is 10.7. The second-order valence-electron chi connectivity index (χ2n) is 7.96. The van der Waals surface area contributed by atoms with Gasteiger partial charge in [-0.05, 0) is 35.4 Å². The first-order chi connectivity index (χ1) is 16.8. The molecule has 35 heavy (non-hydrogen) atoms. The number of para-hydroxylation sites is 2. The van der Waals surface area contributed by atoms with E-state index in [2.05, 4.69) is 29.2 Å². The third-order valence-electron chi connectivity index (χ3n) is 5.78.